The highest BCUT2D eigenvalue weighted by Gasteiger charge is 2.35. The monoisotopic (exact) mass is 648 g/mol. The Hall–Kier alpha value is -5.17. The molecule has 0 radical (unpaired) electrons. The lowest BCUT2D eigenvalue weighted by Gasteiger charge is -2.40. The third-order valence-corrected chi connectivity index (χ3v) is 8.28. The van der Waals surface area contributed by atoms with Crippen LogP contribution in [0.2, 0.25) is 0 Å². The third-order valence-electron chi connectivity index (χ3n) is 8.28. The van der Waals surface area contributed by atoms with Crippen molar-refractivity contribution < 1.29 is 42.9 Å². The van der Waals surface area contributed by atoms with E-state index in [1.54, 1.807) is 23.1 Å². The fraction of sp³-hybridized carbons (Fsp3) is 0.353. The number of benzene rings is 3. The molecule has 0 unspecified atom stereocenters. The van der Waals surface area contributed by atoms with Gasteiger partial charge < -0.3 is 34.9 Å². The molecule has 1 fully saturated rings. The van der Waals surface area contributed by atoms with Gasteiger partial charge in [0.2, 0.25) is 5.91 Å². The lowest BCUT2D eigenvalue weighted by molar-refractivity contribution is -0.135. The summed E-state index contributed by atoms with van der Waals surface area (Å²) in [6.07, 6.45) is 0.792. The van der Waals surface area contributed by atoms with E-state index < -0.39 is 29.8 Å². The molecule has 3 heterocycles. The summed E-state index contributed by atoms with van der Waals surface area (Å²) in [5, 5.41) is 12.6. The second-order valence-electron chi connectivity index (χ2n) is 11.4. The molecule has 0 saturated carbocycles. The van der Waals surface area contributed by atoms with Crippen molar-refractivity contribution in [3.05, 3.63) is 88.7 Å². The SMILES string of the molecule is COc1ccc2cc1OCC(=O)NCc1cc(F)cc(c1)O[C@@H]1CCN(C(=O)CN3CCc4ccccc4C3)C[C@@H]1NC2=O.O=CO. The van der Waals surface area contributed by atoms with Gasteiger partial charge in [0.1, 0.15) is 17.7 Å². The van der Waals surface area contributed by atoms with Crippen LogP contribution in [0.15, 0.2) is 60.7 Å². The maximum absolute atomic E-state index is 14.6. The van der Waals surface area contributed by atoms with Crippen LogP contribution >= 0.6 is 0 Å². The van der Waals surface area contributed by atoms with E-state index in [1.165, 1.54) is 36.4 Å². The Morgan fingerprint density at radius 2 is 1.89 bits per heavy atom. The summed E-state index contributed by atoms with van der Waals surface area (Å²) in [6.45, 7) is 1.94. The van der Waals surface area contributed by atoms with Gasteiger partial charge in [-0.1, -0.05) is 24.3 Å². The summed E-state index contributed by atoms with van der Waals surface area (Å²) >= 11 is 0. The molecular formula is C34H37FN4O8. The fourth-order valence-corrected chi connectivity index (χ4v) is 5.96. The van der Waals surface area contributed by atoms with Crippen molar-refractivity contribution in [1.82, 2.24) is 20.4 Å². The Balaban J connectivity index is 0.00000139. The lowest BCUT2D eigenvalue weighted by atomic mass is 9.99. The highest BCUT2D eigenvalue weighted by Crippen LogP contribution is 2.29. The van der Waals surface area contributed by atoms with Crippen LogP contribution in [0, 0.1) is 5.82 Å². The van der Waals surface area contributed by atoms with E-state index in [9.17, 15) is 18.8 Å². The second-order valence-corrected chi connectivity index (χ2v) is 11.4. The summed E-state index contributed by atoms with van der Waals surface area (Å²) in [4.78, 5) is 51.8. The number of likely N-dealkylation sites (tertiary alicyclic amines) is 1. The number of carboxylic acid groups (broad SMARTS) is 1. The predicted molar refractivity (Wildman–Crippen MR) is 168 cm³/mol. The zero-order valence-electron chi connectivity index (χ0n) is 25.9. The molecule has 0 aromatic heterocycles. The molecule has 3 aromatic carbocycles. The Kier molecular flexibility index (Phi) is 10.9. The molecule has 1 saturated heterocycles. The summed E-state index contributed by atoms with van der Waals surface area (Å²) in [7, 11) is 1.47. The Morgan fingerprint density at radius 3 is 2.68 bits per heavy atom. The van der Waals surface area contributed by atoms with E-state index in [0.717, 1.165) is 13.0 Å². The summed E-state index contributed by atoms with van der Waals surface area (Å²) in [5.74, 6) is -0.497. The number of nitrogens with zero attached hydrogens (tertiary/aromatic N) is 2. The lowest BCUT2D eigenvalue weighted by Crippen LogP contribution is -2.59. The molecule has 3 aliphatic heterocycles. The van der Waals surface area contributed by atoms with Crippen molar-refractivity contribution in [2.45, 2.75) is 38.1 Å². The number of carbonyl (C=O) groups is 4. The molecular weight excluding hydrogens is 611 g/mol. The van der Waals surface area contributed by atoms with E-state index in [-0.39, 0.29) is 55.7 Å². The Labute approximate surface area is 271 Å². The highest BCUT2D eigenvalue weighted by atomic mass is 19.1. The van der Waals surface area contributed by atoms with Gasteiger partial charge in [-0.2, -0.15) is 0 Å². The van der Waals surface area contributed by atoms with Crippen LogP contribution in [-0.4, -0.2) is 91.1 Å². The van der Waals surface area contributed by atoms with Gasteiger partial charge in [-0.3, -0.25) is 24.1 Å². The van der Waals surface area contributed by atoms with Crippen molar-refractivity contribution in [3.63, 3.8) is 0 Å². The van der Waals surface area contributed by atoms with Crippen molar-refractivity contribution in [1.29, 1.82) is 0 Å². The largest absolute Gasteiger partial charge is 0.493 e. The molecule has 0 aliphatic carbocycles. The number of rotatable bonds is 3. The van der Waals surface area contributed by atoms with Crippen molar-refractivity contribution in [2.24, 2.45) is 0 Å². The number of carbonyl (C=O) groups excluding carboxylic acids is 3. The predicted octanol–water partition coefficient (Wildman–Crippen LogP) is 2.38. The van der Waals surface area contributed by atoms with Crippen LogP contribution in [0.4, 0.5) is 4.39 Å². The molecule has 3 aliphatic rings. The minimum atomic E-state index is -0.576. The third kappa shape index (κ3) is 8.55. The first-order chi connectivity index (χ1) is 22.8. The van der Waals surface area contributed by atoms with E-state index in [2.05, 4.69) is 27.7 Å². The Bertz CT molecular complexity index is 1620. The van der Waals surface area contributed by atoms with Gasteiger partial charge in [0, 0.05) is 50.8 Å². The Morgan fingerprint density at radius 1 is 1.11 bits per heavy atom. The number of ether oxygens (including phenoxy) is 3. The molecule has 0 spiro atoms. The van der Waals surface area contributed by atoms with Crippen LogP contribution in [0.3, 0.4) is 0 Å². The molecule has 3 N–H and O–H groups in total. The summed E-state index contributed by atoms with van der Waals surface area (Å²) in [6, 6.07) is 16.7. The molecule has 47 heavy (non-hydrogen) atoms. The molecule has 3 amide bonds. The molecule has 12 nitrogen and oxygen atoms in total. The smallest absolute Gasteiger partial charge is 0.290 e. The van der Waals surface area contributed by atoms with Crippen LogP contribution in [-0.2, 0) is 33.9 Å². The first-order valence-corrected chi connectivity index (χ1v) is 15.3. The first-order valence-electron chi connectivity index (χ1n) is 15.3. The van der Waals surface area contributed by atoms with Crippen molar-refractivity contribution in [2.75, 3.05) is 39.9 Å². The van der Waals surface area contributed by atoms with Gasteiger partial charge in [-0.05, 0) is 53.4 Å². The van der Waals surface area contributed by atoms with E-state index >= 15 is 0 Å². The van der Waals surface area contributed by atoms with Gasteiger partial charge in [0.05, 0.1) is 19.7 Å². The molecule has 3 aromatic rings. The van der Waals surface area contributed by atoms with Crippen molar-refractivity contribution in [3.8, 4) is 17.2 Å². The zero-order chi connectivity index (χ0) is 33.3. The zero-order valence-corrected chi connectivity index (χ0v) is 25.9. The van der Waals surface area contributed by atoms with Gasteiger partial charge in [0.15, 0.2) is 18.1 Å². The first kappa shape index (κ1) is 33.2. The summed E-state index contributed by atoms with van der Waals surface area (Å²) in [5.41, 5.74) is 3.35. The van der Waals surface area contributed by atoms with Gasteiger partial charge >= 0.3 is 0 Å². The fourth-order valence-electron chi connectivity index (χ4n) is 5.96. The number of piperidine rings is 1. The number of hydrogen-bond donors (Lipinski definition) is 3. The minimum absolute atomic E-state index is 0.0202. The number of nitrogens with one attached hydrogen (secondary N) is 2. The second kappa shape index (κ2) is 15.4. The van der Waals surface area contributed by atoms with Crippen LogP contribution in [0.1, 0.15) is 33.5 Å². The highest BCUT2D eigenvalue weighted by molar-refractivity contribution is 5.95. The van der Waals surface area contributed by atoms with E-state index in [0.29, 0.717) is 30.8 Å². The number of fused-ring (bicyclic) bond motifs is 6. The maximum Gasteiger partial charge on any atom is 0.290 e. The summed E-state index contributed by atoms with van der Waals surface area (Å²) < 4.78 is 31.9. The number of methoxy groups -OCH3 is 1. The molecule has 13 heteroatoms. The normalized spacial score (nSPS) is 19.6. The number of halogens is 1. The van der Waals surface area contributed by atoms with Crippen LogP contribution in [0.5, 0.6) is 17.2 Å². The van der Waals surface area contributed by atoms with E-state index in [4.69, 9.17) is 24.1 Å². The van der Waals surface area contributed by atoms with Gasteiger partial charge in [-0.25, -0.2) is 4.39 Å². The average Bonchev–Trinajstić information content (AvgIpc) is 3.06. The maximum atomic E-state index is 14.6. The van der Waals surface area contributed by atoms with Gasteiger partial charge in [-0.15, -0.1) is 0 Å². The molecule has 6 rings (SSSR count). The quantitative estimate of drug-likeness (QED) is 0.365. The van der Waals surface area contributed by atoms with E-state index in [1.807, 2.05) is 12.1 Å². The number of hydrogen-bond acceptors (Lipinski definition) is 8. The molecule has 248 valence electrons. The number of amides is 3. The van der Waals surface area contributed by atoms with Crippen molar-refractivity contribution >= 4 is 24.2 Å². The standard InChI is InChI=1S/C33H35FN4O6.CH2O2/c1-42-29-7-6-23-14-30(29)43-20-31(39)35-16-21-12-25(34)15-26(13-21)44-28-9-11-38(18-27(28)36-33(23)41)32(40)19-37-10-8-22-4-2-3-5-24(22)17-37;2-1-3/h2-7,12-15,27-28H,8-11,16-20H2,1H3,(H,35,39)(H,36,41);1H,(H,2,3)/t27-,28+;/m0./s1. The topological polar surface area (TPSA) is 147 Å². The molecule has 4 bridgehead atoms. The van der Waals surface area contributed by atoms with Gasteiger partial charge in [0.25, 0.3) is 18.3 Å². The minimum Gasteiger partial charge on any atom is -0.493 e. The average molecular weight is 649 g/mol. The van der Waals surface area contributed by atoms with Crippen LogP contribution < -0.4 is 24.8 Å². The van der Waals surface area contributed by atoms with Crippen LogP contribution in [0.25, 0.3) is 0 Å². The molecule has 2 atom stereocenters.